The highest BCUT2D eigenvalue weighted by molar-refractivity contribution is 5.93. The lowest BCUT2D eigenvalue weighted by atomic mass is 9.96. The third kappa shape index (κ3) is 4.20. The number of hydrogen-bond acceptors (Lipinski definition) is 4. The minimum Gasteiger partial charge on any atom is -0.350 e. The van der Waals surface area contributed by atoms with Gasteiger partial charge in [0.05, 0.1) is 5.69 Å². The van der Waals surface area contributed by atoms with Gasteiger partial charge in [0.1, 0.15) is 11.4 Å². The number of rotatable bonds is 6. The van der Waals surface area contributed by atoms with Crippen molar-refractivity contribution in [2.24, 2.45) is 5.92 Å². The molecule has 0 spiro atoms. The molecule has 0 aliphatic carbocycles. The first-order chi connectivity index (χ1) is 11.8. The van der Waals surface area contributed by atoms with E-state index in [1.807, 2.05) is 18.2 Å². The molecule has 3 heterocycles. The number of pyridine rings is 1. The molecule has 0 unspecified atom stereocenters. The summed E-state index contributed by atoms with van der Waals surface area (Å²) < 4.78 is 0. The maximum absolute atomic E-state index is 12.3. The van der Waals surface area contributed by atoms with Gasteiger partial charge in [-0.05, 0) is 63.0 Å². The summed E-state index contributed by atoms with van der Waals surface area (Å²) in [6.45, 7) is 6.42. The molecule has 1 amide bonds. The molecule has 128 valence electrons. The largest absolute Gasteiger partial charge is 0.350 e. The van der Waals surface area contributed by atoms with Crippen molar-refractivity contribution in [1.29, 1.82) is 0 Å². The van der Waals surface area contributed by atoms with E-state index >= 15 is 0 Å². The maximum Gasteiger partial charge on any atom is 0.269 e. The first-order valence-corrected chi connectivity index (χ1v) is 8.73. The van der Waals surface area contributed by atoms with Gasteiger partial charge in [-0.2, -0.15) is 5.10 Å². The molecule has 0 bridgehead atoms. The first-order valence-electron chi connectivity index (χ1n) is 8.73. The van der Waals surface area contributed by atoms with Gasteiger partial charge >= 0.3 is 0 Å². The summed E-state index contributed by atoms with van der Waals surface area (Å²) in [6, 6.07) is 7.39. The van der Waals surface area contributed by atoms with Crippen molar-refractivity contribution in [3.63, 3.8) is 0 Å². The smallest absolute Gasteiger partial charge is 0.269 e. The van der Waals surface area contributed by atoms with E-state index in [1.165, 1.54) is 13.0 Å². The molecule has 0 saturated carbocycles. The van der Waals surface area contributed by atoms with Gasteiger partial charge in [0.2, 0.25) is 0 Å². The summed E-state index contributed by atoms with van der Waals surface area (Å²) >= 11 is 0. The van der Waals surface area contributed by atoms with Crippen LogP contribution in [0.15, 0.2) is 30.5 Å². The predicted molar refractivity (Wildman–Crippen MR) is 93.6 cm³/mol. The lowest BCUT2D eigenvalue weighted by Crippen LogP contribution is -2.39. The normalized spacial score (nSPS) is 16.2. The highest BCUT2D eigenvalue weighted by Crippen LogP contribution is 2.17. The molecule has 3 rings (SSSR count). The molecule has 1 aliphatic rings. The molecule has 1 fully saturated rings. The average Bonchev–Trinajstić information content (AvgIpc) is 3.12. The molecule has 24 heavy (non-hydrogen) atoms. The number of aromatic amines is 1. The van der Waals surface area contributed by atoms with E-state index in [-0.39, 0.29) is 5.91 Å². The quantitative estimate of drug-likeness (QED) is 0.854. The second kappa shape index (κ2) is 8.06. The van der Waals surface area contributed by atoms with Crippen LogP contribution in [0.3, 0.4) is 0 Å². The molecule has 0 atom stereocenters. The zero-order valence-electron chi connectivity index (χ0n) is 14.2. The van der Waals surface area contributed by atoms with Gasteiger partial charge in [0.25, 0.3) is 5.91 Å². The van der Waals surface area contributed by atoms with E-state index in [2.05, 4.69) is 32.3 Å². The molecule has 0 aromatic carbocycles. The Hall–Kier alpha value is -2.21. The van der Waals surface area contributed by atoms with Crippen molar-refractivity contribution >= 4 is 5.91 Å². The van der Waals surface area contributed by atoms with E-state index in [0.717, 1.165) is 38.2 Å². The van der Waals surface area contributed by atoms with Crippen LogP contribution in [0.5, 0.6) is 0 Å². The van der Waals surface area contributed by atoms with Crippen LogP contribution in [0.1, 0.15) is 36.7 Å². The molecule has 0 radical (unpaired) electrons. The molecule has 1 saturated heterocycles. The molecule has 6 heteroatoms. The second-order valence-electron chi connectivity index (χ2n) is 6.38. The van der Waals surface area contributed by atoms with Crippen molar-refractivity contribution in [2.45, 2.75) is 26.2 Å². The van der Waals surface area contributed by atoms with Crippen LogP contribution in [0.4, 0.5) is 0 Å². The number of amides is 1. The van der Waals surface area contributed by atoms with Crippen LogP contribution in [0, 0.1) is 5.92 Å². The summed E-state index contributed by atoms with van der Waals surface area (Å²) in [5.74, 6) is 0.473. The number of likely N-dealkylation sites (tertiary alicyclic amines) is 1. The van der Waals surface area contributed by atoms with E-state index in [1.54, 1.807) is 12.3 Å². The fourth-order valence-corrected chi connectivity index (χ4v) is 3.15. The zero-order valence-corrected chi connectivity index (χ0v) is 14.2. The Morgan fingerprint density at radius 2 is 2.17 bits per heavy atom. The Bertz CT molecular complexity index is 646. The van der Waals surface area contributed by atoms with Crippen LogP contribution in [0.2, 0.25) is 0 Å². The summed E-state index contributed by atoms with van der Waals surface area (Å²) in [6.07, 6.45) is 5.24. The van der Waals surface area contributed by atoms with Crippen molar-refractivity contribution < 1.29 is 4.79 Å². The van der Waals surface area contributed by atoms with Gasteiger partial charge in [-0.15, -0.1) is 0 Å². The number of hydrogen-bond donors (Lipinski definition) is 2. The Labute approximate surface area is 142 Å². The van der Waals surface area contributed by atoms with Gasteiger partial charge < -0.3 is 10.2 Å². The molecule has 1 aliphatic heterocycles. The SMILES string of the molecule is CCCN1CCC(CNC(=O)c2cc(-c3ccccn3)n[nH]2)CC1. The minimum atomic E-state index is -0.0966. The number of H-pyrrole nitrogens is 1. The fraction of sp³-hybridized carbons (Fsp3) is 0.500. The van der Waals surface area contributed by atoms with Gasteiger partial charge in [-0.3, -0.25) is 14.9 Å². The number of piperidine rings is 1. The lowest BCUT2D eigenvalue weighted by molar-refractivity contribution is 0.0931. The van der Waals surface area contributed by atoms with Crippen molar-refractivity contribution in [3.05, 3.63) is 36.2 Å². The topological polar surface area (TPSA) is 73.9 Å². The first kappa shape index (κ1) is 16.6. The number of carbonyl (C=O) groups excluding carboxylic acids is 1. The molecular formula is C18H25N5O. The molecular weight excluding hydrogens is 302 g/mol. The molecule has 6 nitrogen and oxygen atoms in total. The highest BCUT2D eigenvalue weighted by atomic mass is 16.1. The summed E-state index contributed by atoms with van der Waals surface area (Å²) in [5.41, 5.74) is 1.93. The van der Waals surface area contributed by atoms with E-state index < -0.39 is 0 Å². The van der Waals surface area contributed by atoms with E-state index in [4.69, 9.17) is 0 Å². The number of carbonyl (C=O) groups is 1. The maximum atomic E-state index is 12.3. The van der Waals surface area contributed by atoms with Crippen LogP contribution in [-0.4, -0.2) is 52.2 Å². The average molecular weight is 327 g/mol. The zero-order chi connectivity index (χ0) is 16.8. The molecule has 2 N–H and O–H groups in total. The van der Waals surface area contributed by atoms with Crippen LogP contribution in [-0.2, 0) is 0 Å². The Kier molecular flexibility index (Phi) is 5.59. The van der Waals surface area contributed by atoms with Gasteiger partial charge in [0, 0.05) is 12.7 Å². The third-order valence-electron chi connectivity index (χ3n) is 4.55. The Morgan fingerprint density at radius 3 is 2.88 bits per heavy atom. The standard InChI is InChI=1S/C18H25N5O/c1-2-9-23-10-6-14(7-11-23)13-20-18(24)17-12-16(21-22-17)15-5-3-4-8-19-15/h3-5,8,12,14H,2,6-7,9-11,13H2,1H3,(H,20,24)(H,21,22). The highest BCUT2D eigenvalue weighted by Gasteiger charge is 2.20. The monoisotopic (exact) mass is 327 g/mol. The lowest BCUT2D eigenvalue weighted by Gasteiger charge is -2.31. The van der Waals surface area contributed by atoms with Crippen LogP contribution in [0.25, 0.3) is 11.4 Å². The predicted octanol–water partition coefficient (Wildman–Crippen LogP) is 2.32. The second-order valence-corrected chi connectivity index (χ2v) is 6.38. The number of nitrogens with one attached hydrogen (secondary N) is 2. The molecule has 2 aromatic heterocycles. The van der Waals surface area contributed by atoms with E-state index in [9.17, 15) is 4.79 Å². The Morgan fingerprint density at radius 1 is 1.33 bits per heavy atom. The van der Waals surface area contributed by atoms with Crippen molar-refractivity contribution in [1.82, 2.24) is 25.4 Å². The summed E-state index contributed by atoms with van der Waals surface area (Å²) in [7, 11) is 0. The van der Waals surface area contributed by atoms with Crippen LogP contribution >= 0.6 is 0 Å². The van der Waals surface area contributed by atoms with E-state index in [0.29, 0.717) is 17.3 Å². The minimum absolute atomic E-state index is 0.0966. The van der Waals surface area contributed by atoms with Gasteiger partial charge in [0.15, 0.2) is 0 Å². The molecule has 2 aromatic rings. The number of nitrogens with zero attached hydrogens (tertiary/aromatic N) is 3. The van der Waals surface area contributed by atoms with Gasteiger partial charge in [-0.25, -0.2) is 0 Å². The number of aromatic nitrogens is 3. The summed E-state index contributed by atoms with van der Waals surface area (Å²) in [4.78, 5) is 19.0. The van der Waals surface area contributed by atoms with Crippen LogP contribution < -0.4 is 5.32 Å². The Balaban J connectivity index is 1.49. The fourth-order valence-electron chi connectivity index (χ4n) is 3.15. The third-order valence-corrected chi connectivity index (χ3v) is 4.55. The summed E-state index contributed by atoms with van der Waals surface area (Å²) in [5, 5.41) is 10.0. The van der Waals surface area contributed by atoms with Crippen molar-refractivity contribution in [3.8, 4) is 11.4 Å². The van der Waals surface area contributed by atoms with Crippen molar-refractivity contribution in [2.75, 3.05) is 26.2 Å². The van der Waals surface area contributed by atoms with Gasteiger partial charge in [-0.1, -0.05) is 13.0 Å².